The summed E-state index contributed by atoms with van der Waals surface area (Å²) in [6.45, 7) is -0.100. The fraction of sp³-hybridized carbons (Fsp3) is 0.286. The third kappa shape index (κ3) is 4.99. The molecule has 0 unspecified atom stereocenters. The predicted molar refractivity (Wildman–Crippen MR) is 111 cm³/mol. The molecule has 0 radical (unpaired) electrons. The van der Waals surface area contributed by atoms with Crippen molar-refractivity contribution in [2.45, 2.75) is 18.5 Å². The molecule has 146 valence electrons. The lowest BCUT2D eigenvalue weighted by atomic mass is 9.99. The predicted octanol–water partition coefficient (Wildman–Crippen LogP) is 2.76. The number of carbonyl (C=O) groups excluding carboxylic acids is 1. The van der Waals surface area contributed by atoms with E-state index in [1.54, 1.807) is 22.6 Å². The summed E-state index contributed by atoms with van der Waals surface area (Å²) >= 11 is 1.68. The third-order valence-corrected chi connectivity index (χ3v) is 5.11. The van der Waals surface area contributed by atoms with E-state index in [9.17, 15) is 9.90 Å². The summed E-state index contributed by atoms with van der Waals surface area (Å²) in [7, 11) is 0. The summed E-state index contributed by atoms with van der Waals surface area (Å²) in [4.78, 5) is 12.5. The van der Waals surface area contributed by atoms with E-state index in [2.05, 4.69) is 15.6 Å². The van der Waals surface area contributed by atoms with Crippen LogP contribution in [0.4, 0.5) is 0 Å². The lowest BCUT2D eigenvalue weighted by molar-refractivity contribution is 0.0910. The monoisotopic (exact) mass is 396 g/mol. The molecule has 1 atom stereocenters. The Hall–Kier alpha value is -2.64. The SMILES string of the molecule is CSCC[C@@H](CO)NC(=O)c1cn(C(c2ccccc2)c2ccccc2)nn1. The van der Waals surface area contributed by atoms with Gasteiger partial charge in [0.25, 0.3) is 5.91 Å². The van der Waals surface area contributed by atoms with Crippen molar-refractivity contribution in [2.75, 3.05) is 18.6 Å². The first-order valence-electron chi connectivity index (χ1n) is 9.15. The Kier molecular flexibility index (Phi) is 7.22. The van der Waals surface area contributed by atoms with Crippen LogP contribution in [0.3, 0.4) is 0 Å². The van der Waals surface area contributed by atoms with Gasteiger partial charge >= 0.3 is 0 Å². The minimum absolute atomic E-state index is 0.100. The van der Waals surface area contributed by atoms with Crippen molar-refractivity contribution >= 4 is 17.7 Å². The van der Waals surface area contributed by atoms with Gasteiger partial charge in [0.05, 0.1) is 18.8 Å². The molecular formula is C21H24N4O2S. The van der Waals surface area contributed by atoms with Gasteiger partial charge in [0, 0.05) is 0 Å². The van der Waals surface area contributed by atoms with Crippen molar-refractivity contribution in [1.29, 1.82) is 0 Å². The molecule has 0 saturated heterocycles. The van der Waals surface area contributed by atoms with Gasteiger partial charge in [-0.25, -0.2) is 4.68 Å². The second kappa shape index (κ2) is 10.1. The van der Waals surface area contributed by atoms with Crippen LogP contribution in [0.5, 0.6) is 0 Å². The standard InChI is InChI=1S/C21H24N4O2S/c1-28-13-12-18(15-26)22-21(27)19-14-25(24-23-19)20(16-8-4-2-5-9-16)17-10-6-3-7-11-17/h2-11,14,18,20,26H,12-13,15H2,1H3,(H,22,27)/t18-/m0/s1. The van der Waals surface area contributed by atoms with Crippen LogP contribution in [-0.2, 0) is 0 Å². The first-order chi connectivity index (χ1) is 13.7. The number of carbonyl (C=O) groups is 1. The fourth-order valence-corrected chi connectivity index (χ4v) is 3.52. The second-order valence-electron chi connectivity index (χ2n) is 6.44. The highest BCUT2D eigenvalue weighted by molar-refractivity contribution is 7.98. The zero-order valence-electron chi connectivity index (χ0n) is 15.7. The van der Waals surface area contributed by atoms with Gasteiger partial charge in [0.15, 0.2) is 5.69 Å². The third-order valence-electron chi connectivity index (χ3n) is 4.46. The summed E-state index contributed by atoms with van der Waals surface area (Å²) in [6, 6.07) is 19.5. The lowest BCUT2D eigenvalue weighted by Crippen LogP contribution is -2.38. The molecule has 1 heterocycles. The van der Waals surface area contributed by atoms with E-state index in [0.717, 1.165) is 16.9 Å². The van der Waals surface area contributed by atoms with E-state index in [4.69, 9.17) is 0 Å². The summed E-state index contributed by atoms with van der Waals surface area (Å²) < 4.78 is 1.70. The summed E-state index contributed by atoms with van der Waals surface area (Å²) in [5, 5.41) is 20.6. The van der Waals surface area contributed by atoms with Gasteiger partial charge in [0.2, 0.25) is 0 Å². The molecule has 28 heavy (non-hydrogen) atoms. The number of rotatable bonds is 9. The molecule has 3 aromatic rings. The van der Waals surface area contributed by atoms with E-state index in [0.29, 0.717) is 6.42 Å². The Morgan fingerprint density at radius 3 is 2.25 bits per heavy atom. The zero-order chi connectivity index (χ0) is 19.8. The molecular weight excluding hydrogens is 372 g/mol. The topological polar surface area (TPSA) is 80.0 Å². The number of amides is 1. The van der Waals surface area contributed by atoms with Crippen LogP contribution in [0, 0.1) is 0 Å². The van der Waals surface area contributed by atoms with Crippen LogP contribution in [0.2, 0.25) is 0 Å². The van der Waals surface area contributed by atoms with Gasteiger partial charge in [0.1, 0.15) is 6.04 Å². The van der Waals surface area contributed by atoms with E-state index in [1.807, 2.05) is 66.9 Å². The molecule has 7 heteroatoms. The minimum atomic E-state index is -0.328. The Labute approximate surface area is 169 Å². The van der Waals surface area contributed by atoms with Crippen molar-refractivity contribution in [1.82, 2.24) is 20.3 Å². The van der Waals surface area contributed by atoms with Crippen molar-refractivity contribution in [2.24, 2.45) is 0 Å². The Morgan fingerprint density at radius 2 is 1.71 bits per heavy atom. The minimum Gasteiger partial charge on any atom is -0.394 e. The molecule has 2 N–H and O–H groups in total. The van der Waals surface area contributed by atoms with E-state index >= 15 is 0 Å². The fourth-order valence-electron chi connectivity index (χ4n) is 3.00. The lowest BCUT2D eigenvalue weighted by Gasteiger charge is -2.18. The van der Waals surface area contributed by atoms with Crippen LogP contribution in [0.25, 0.3) is 0 Å². The van der Waals surface area contributed by atoms with Crippen molar-refractivity contribution in [3.05, 3.63) is 83.7 Å². The summed E-state index contributed by atoms with van der Waals surface area (Å²) in [6.07, 6.45) is 4.35. The highest BCUT2D eigenvalue weighted by Gasteiger charge is 2.21. The van der Waals surface area contributed by atoms with E-state index in [-0.39, 0.29) is 30.3 Å². The average Bonchev–Trinajstić information content (AvgIpc) is 3.22. The molecule has 0 aliphatic heterocycles. The number of aliphatic hydroxyl groups excluding tert-OH is 1. The molecule has 0 aliphatic rings. The molecule has 0 aliphatic carbocycles. The summed E-state index contributed by atoms with van der Waals surface area (Å²) in [5.41, 5.74) is 2.34. The van der Waals surface area contributed by atoms with E-state index < -0.39 is 0 Å². The van der Waals surface area contributed by atoms with Crippen molar-refractivity contribution in [3.63, 3.8) is 0 Å². The molecule has 0 bridgehead atoms. The molecule has 0 saturated carbocycles. The number of nitrogens with zero attached hydrogens (tertiary/aromatic N) is 3. The van der Waals surface area contributed by atoms with Gasteiger partial charge in [-0.05, 0) is 29.6 Å². The quantitative estimate of drug-likeness (QED) is 0.581. The number of hydrogen-bond donors (Lipinski definition) is 2. The average molecular weight is 397 g/mol. The number of nitrogens with one attached hydrogen (secondary N) is 1. The maximum Gasteiger partial charge on any atom is 0.273 e. The van der Waals surface area contributed by atoms with Gasteiger partial charge in [-0.3, -0.25) is 4.79 Å². The number of thioether (sulfide) groups is 1. The van der Waals surface area contributed by atoms with Gasteiger partial charge < -0.3 is 10.4 Å². The number of aromatic nitrogens is 3. The molecule has 2 aromatic carbocycles. The maximum atomic E-state index is 12.5. The second-order valence-corrected chi connectivity index (χ2v) is 7.43. The van der Waals surface area contributed by atoms with Gasteiger partial charge in [-0.1, -0.05) is 65.9 Å². The molecule has 6 nitrogen and oxygen atoms in total. The summed E-state index contributed by atoms with van der Waals surface area (Å²) in [5.74, 6) is 0.536. The Bertz CT molecular complexity index is 831. The van der Waals surface area contributed by atoms with Crippen LogP contribution in [-0.4, -0.2) is 50.7 Å². The normalized spacial score (nSPS) is 12.1. The van der Waals surface area contributed by atoms with Crippen LogP contribution >= 0.6 is 11.8 Å². The van der Waals surface area contributed by atoms with Gasteiger partial charge in [-0.15, -0.1) is 5.10 Å². The van der Waals surface area contributed by atoms with Crippen LogP contribution < -0.4 is 5.32 Å². The molecule has 0 fully saturated rings. The molecule has 3 rings (SSSR count). The molecule has 1 amide bonds. The smallest absolute Gasteiger partial charge is 0.273 e. The maximum absolute atomic E-state index is 12.5. The van der Waals surface area contributed by atoms with Crippen molar-refractivity contribution < 1.29 is 9.90 Å². The number of aliphatic hydroxyl groups is 1. The zero-order valence-corrected chi connectivity index (χ0v) is 16.5. The number of benzene rings is 2. The first-order valence-corrected chi connectivity index (χ1v) is 10.5. The largest absolute Gasteiger partial charge is 0.394 e. The van der Waals surface area contributed by atoms with Crippen LogP contribution in [0.1, 0.15) is 34.1 Å². The van der Waals surface area contributed by atoms with Crippen molar-refractivity contribution in [3.8, 4) is 0 Å². The highest BCUT2D eigenvalue weighted by Crippen LogP contribution is 2.25. The molecule has 1 aromatic heterocycles. The van der Waals surface area contributed by atoms with E-state index in [1.165, 1.54) is 0 Å². The Balaban J connectivity index is 1.84. The van der Waals surface area contributed by atoms with Gasteiger partial charge in [-0.2, -0.15) is 11.8 Å². The molecule has 0 spiro atoms. The first kappa shape index (κ1) is 20.1. The number of hydrogen-bond acceptors (Lipinski definition) is 5. The Morgan fingerprint density at radius 1 is 1.11 bits per heavy atom. The van der Waals surface area contributed by atoms with Crippen LogP contribution in [0.15, 0.2) is 66.9 Å². The highest BCUT2D eigenvalue weighted by atomic mass is 32.2.